The average Bonchev–Trinajstić information content (AvgIpc) is 2.76. The highest BCUT2D eigenvalue weighted by molar-refractivity contribution is 7.48. The van der Waals surface area contributed by atoms with E-state index in [1.807, 2.05) is 27.7 Å². The molecule has 0 aliphatic heterocycles. The summed E-state index contributed by atoms with van der Waals surface area (Å²) in [4.78, 5) is 0. The highest BCUT2D eigenvalue weighted by Gasteiger charge is 2.27. The first-order valence-corrected chi connectivity index (χ1v) is 15.1. The minimum atomic E-state index is -3.57. The minimum absolute atomic E-state index is 0.281. The third-order valence-corrected chi connectivity index (χ3v) is 7.16. The summed E-state index contributed by atoms with van der Waals surface area (Å²) in [6, 6.07) is 0. The van der Waals surface area contributed by atoms with E-state index in [9.17, 15) is 9.13 Å². The van der Waals surface area contributed by atoms with Crippen LogP contribution in [0.4, 0.5) is 0 Å². The fraction of sp³-hybridized carbons (Fsp3) is 0.909. The third kappa shape index (κ3) is 18.3. The van der Waals surface area contributed by atoms with Crippen molar-refractivity contribution in [3.63, 3.8) is 0 Å². The van der Waals surface area contributed by atoms with E-state index < -0.39 is 15.6 Å². The third-order valence-electron chi connectivity index (χ3n) is 4.29. The molecule has 0 aliphatic carbocycles. The number of allylic oxidation sites excluding steroid dienone is 1. The Hall–Kier alpha value is -0.200. The van der Waals surface area contributed by atoms with Gasteiger partial charge in [0.2, 0.25) is 0 Å². The Bertz CT molecular complexity index is 514. The van der Waals surface area contributed by atoms with Crippen LogP contribution in [0, 0.1) is 0 Å². The van der Waals surface area contributed by atoms with Gasteiger partial charge in [-0.2, -0.15) is 0 Å². The maximum Gasteiger partial charge on any atom is 0.529 e. The number of hydrogen-bond acceptors (Lipinski definition) is 8. The smallest absolute Gasteiger partial charge is 0.412 e. The summed E-state index contributed by atoms with van der Waals surface area (Å²) in [5, 5.41) is 0. The predicted molar refractivity (Wildman–Crippen MR) is 129 cm³/mol. The van der Waals surface area contributed by atoms with Crippen LogP contribution in [0.3, 0.4) is 0 Å². The van der Waals surface area contributed by atoms with E-state index in [1.54, 1.807) is 6.08 Å². The summed E-state index contributed by atoms with van der Waals surface area (Å²) < 4.78 is 57.6. The molecule has 0 saturated heterocycles. The van der Waals surface area contributed by atoms with Crippen molar-refractivity contribution in [2.45, 2.75) is 98.3 Å². The van der Waals surface area contributed by atoms with Gasteiger partial charge in [-0.3, -0.25) is 22.6 Å². The van der Waals surface area contributed by atoms with Crippen molar-refractivity contribution in [3.05, 3.63) is 12.3 Å². The summed E-state index contributed by atoms with van der Waals surface area (Å²) in [6.45, 7) is 9.83. The molecule has 32 heavy (non-hydrogen) atoms. The molecule has 0 radical (unpaired) electrons. The van der Waals surface area contributed by atoms with Crippen molar-refractivity contribution in [3.8, 4) is 0 Å². The van der Waals surface area contributed by atoms with Crippen LogP contribution in [-0.2, 0) is 36.3 Å². The lowest BCUT2D eigenvalue weighted by Gasteiger charge is -2.18. The quantitative estimate of drug-likeness (QED) is 0.0744. The minimum Gasteiger partial charge on any atom is -0.412 e. The van der Waals surface area contributed by atoms with Crippen molar-refractivity contribution >= 4 is 15.6 Å². The van der Waals surface area contributed by atoms with E-state index in [0.29, 0.717) is 39.3 Å². The van der Waals surface area contributed by atoms with Gasteiger partial charge in [-0.25, -0.2) is 9.13 Å². The van der Waals surface area contributed by atoms with Crippen molar-refractivity contribution < 1.29 is 36.3 Å². The summed E-state index contributed by atoms with van der Waals surface area (Å²) in [5.74, 6) is 0. The summed E-state index contributed by atoms with van der Waals surface area (Å²) in [6.07, 6.45) is 12.3. The zero-order valence-electron chi connectivity index (χ0n) is 20.6. The largest absolute Gasteiger partial charge is 0.529 e. The van der Waals surface area contributed by atoms with E-state index in [4.69, 9.17) is 27.1 Å². The number of hydrogen-bond donors (Lipinski definition) is 0. The van der Waals surface area contributed by atoms with Gasteiger partial charge in [0.15, 0.2) is 0 Å². The molecule has 10 heteroatoms. The highest BCUT2D eigenvalue weighted by atomic mass is 31.2. The van der Waals surface area contributed by atoms with Gasteiger partial charge < -0.3 is 4.52 Å². The average molecular weight is 501 g/mol. The standard InChI is InChI=1S/C22H46O8P2/c1-5-9-17-25-31(23,26-18-10-6-2)29-21-15-13-14-16-22-30-32(24,27-19-11-7-3)28-20-12-8-4/h15,21H,5-14,16-20,22H2,1-4H3. The van der Waals surface area contributed by atoms with E-state index in [2.05, 4.69) is 0 Å². The van der Waals surface area contributed by atoms with Gasteiger partial charge in [0, 0.05) is 0 Å². The van der Waals surface area contributed by atoms with Crippen LogP contribution in [0.1, 0.15) is 98.3 Å². The molecule has 0 aromatic rings. The molecule has 0 aromatic carbocycles. The second-order valence-electron chi connectivity index (χ2n) is 7.45. The van der Waals surface area contributed by atoms with Crippen LogP contribution in [-0.4, -0.2) is 33.0 Å². The zero-order valence-corrected chi connectivity index (χ0v) is 22.4. The topological polar surface area (TPSA) is 89.5 Å². The fourth-order valence-electron chi connectivity index (χ4n) is 2.22. The molecule has 0 aliphatic rings. The molecule has 0 amide bonds. The second kappa shape index (κ2) is 21.3. The first-order valence-electron chi connectivity index (χ1n) is 12.2. The molecule has 0 N–H and O–H groups in total. The molecule has 0 unspecified atom stereocenters. The molecule has 0 fully saturated rings. The molecule has 192 valence electrons. The summed E-state index contributed by atoms with van der Waals surface area (Å²) >= 11 is 0. The maximum absolute atomic E-state index is 12.7. The van der Waals surface area contributed by atoms with Crippen molar-refractivity contribution in [2.75, 3.05) is 33.0 Å². The Morgan fingerprint density at radius 2 is 0.906 bits per heavy atom. The lowest BCUT2D eigenvalue weighted by atomic mass is 10.2. The monoisotopic (exact) mass is 500 g/mol. The van der Waals surface area contributed by atoms with Crippen LogP contribution < -0.4 is 0 Å². The lowest BCUT2D eigenvalue weighted by molar-refractivity contribution is 0.109. The number of phosphoric ester groups is 2. The molecular weight excluding hydrogens is 454 g/mol. The van der Waals surface area contributed by atoms with Gasteiger partial charge in [-0.05, 0) is 51.0 Å². The molecule has 0 saturated carbocycles. The van der Waals surface area contributed by atoms with E-state index >= 15 is 0 Å². The molecule has 0 aromatic heterocycles. The van der Waals surface area contributed by atoms with Crippen molar-refractivity contribution in [1.29, 1.82) is 0 Å². The number of phosphoric acid groups is 2. The summed E-state index contributed by atoms with van der Waals surface area (Å²) in [7, 11) is -7.07. The maximum atomic E-state index is 12.7. The van der Waals surface area contributed by atoms with Gasteiger partial charge in [0.05, 0.1) is 39.3 Å². The van der Waals surface area contributed by atoms with Crippen molar-refractivity contribution in [1.82, 2.24) is 0 Å². The molecule has 0 rings (SSSR count). The van der Waals surface area contributed by atoms with E-state index in [0.717, 1.165) is 57.8 Å². The van der Waals surface area contributed by atoms with Gasteiger partial charge in [-0.1, -0.05) is 53.4 Å². The van der Waals surface area contributed by atoms with Gasteiger partial charge >= 0.3 is 15.6 Å². The fourth-order valence-corrected chi connectivity index (χ4v) is 4.64. The number of rotatable bonds is 24. The van der Waals surface area contributed by atoms with Crippen LogP contribution in [0.5, 0.6) is 0 Å². The lowest BCUT2D eigenvalue weighted by Crippen LogP contribution is -2.04. The molecule has 0 spiro atoms. The van der Waals surface area contributed by atoms with E-state index in [1.165, 1.54) is 6.26 Å². The van der Waals surface area contributed by atoms with Crippen LogP contribution in [0.15, 0.2) is 12.3 Å². The Labute approximate surface area is 195 Å². The molecule has 0 heterocycles. The van der Waals surface area contributed by atoms with Crippen LogP contribution in [0.25, 0.3) is 0 Å². The van der Waals surface area contributed by atoms with Crippen LogP contribution in [0.2, 0.25) is 0 Å². The van der Waals surface area contributed by atoms with Crippen molar-refractivity contribution in [2.24, 2.45) is 0 Å². The Morgan fingerprint density at radius 1 is 0.531 bits per heavy atom. The molecular formula is C22H46O8P2. The number of unbranched alkanes of at least 4 members (excludes halogenated alkanes) is 6. The van der Waals surface area contributed by atoms with Gasteiger partial charge in [0.1, 0.15) is 0 Å². The SMILES string of the molecule is CCCCOP(=O)(OC=CCCCCOP(=O)(OCCCC)OCCCC)OCCCC. The summed E-state index contributed by atoms with van der Waals surface area (Å²) in [5.41, 5.74) is 0. The molecule has 8 nitrogen and oxygen atoms in total. The second-order valence-corrected chi connectivity index (χ2v) is 10.7. The first kappa shape index (κ1) is 31.8. The first-order chi connectivity index (χ1) is 15.4. The van der Waals surface area contributed by atoms with Crippen LogP contribution >= 0.6 is 15.6 Å². The Morgan fingerprint density at radius 3 is 1.31 bits per heavy atom. The van der Waals surface area contributed by atoms with E-state index in [-0.39, 0.29) is 6.61 Å². The Kier molecular flexibility index (Phi) is 21.2. The van der Waals surface area contributed by atoms with Gasteiger partial charge in [0.25, 0.3) is 0 Å². The highest BCUT2D eigenvalue weighted by Crippen LogP contribution is 2.50. The molecule has 0 atom stereocenters. The van der Waals surface area contributed by atoms with Gasteiger partial charge in [-0.15, -0.1) is 0 Å². The predicted octanol–water partition coefficient (Wildman–Crippen LogP) is 8.19. The normalized spacial score (nSPS) is 12.6. The Balaban J connectivity index is 4.28. The zero-order chi connectivity index (χ0) is 24.0. The molecule has 0 bridgehead atoms.